The number of piperidine rings is 1. The Hall–Kier alpha value is -5.45. The number of cyclic esters (lactones) is 1. The predicted molar refractivity (Wildman–Crippen MR) is 202 cm³/mol. The number of fused-ring (bicyclic) bond motifs is 3. The van der Waals surface area contributed by atoms with Crippen LogP contribution in [0.25, 0.3) is 0 Å². The van der Waals surface area contributed by atoms with Gasteiger partial charge in [-0.25, -0.2) is 13.6 Å². The minimum atomic E-state index is -1.69. The van der Waals surface area contributed by atoms with Crippen molar-refractivity contribution in [3.8, 4) is 0 Å². The summed E-state index contributed by atoms with van der Waals surface area (Å²) in [5, 5.41) is 18.7. The Morgan fingerprint density at radius 1 is 0.862 bits per heavy atom. The highest BCUT2D eigenvalue weighted by Gasteiger charge is 2.47. The van der Waals surface area contributed by atoms with Crippen molar-refractivity contribution in [1.29, 1.82) is 0 Å². The molecule has 0 aromatic heterocycles. The van der Waals surface area contributed by atoms with Crippen molar-refractivity contribution in [3.63, 3.8) is 0 Å². The number of nitrogens with one attached hydrogen (secondary N) is 3. The fourth-order valence-corrected chi connectivity index (χ4v) is 8.30. The van der Waals surface area contributed by atoms with Gasteiger partial charge >= 0.3 is 5.97 Å². The van der Waals surface area contributed by atoms with Gasteiger partial charge in [0.2, 0.25) is 35.4 Å². The average molecular weight is 809 g/mol. The molecule has 6 rings (SSSR count). The van der Waals surface area contributed by atoms with Crippen LogP contribution in [0.2, 0.25) is 0 Å². The van der Waals surface area contributed by atoms with E-state index in [1.807, 2.05) is 13.8 Å². The second-order valence-corrected chi connectivity index (χ2v) is 16.0. The van der Waals surface area contributed by atoms with Crippen molar-refractivity contribution in [2.24, 2.45) is 5.92 Å². The monoisotopic (exact) mass is 808 g/mol. The van der Waals surface area contributed by atoms with Crippen LogP contribution in [0.1, 0.15) is 62.6 Å². The summed E-state index contributed by atoms with van der Waals surface area (Å²) < 4.78 is 34.2. The van der Waals surface area contributed by atoms with E-state index in [1.165, 1.54) is 16.7 Å². The molecule has 0 spiro atoms. The molecule has 58 heavy (non-hydrogen) atoms. The number of aryl methyl sites for hydroxylation is 1. The number of hydrogen-bond acceptors (Lipinski definition) is 9. The molecule has 4 fully saturated rings. The first-order valence-electron chi connectivity index (χ1n) is 19.7. The van der Waals surface area contributed by atoms with Gasteiger partial charge in [-0.3, -0.25) is 28.8 Å². The summed E-state index contributed by atoms with van der Waals surface area (Å²) in [6.07, 6.45) is -0.180. The summed E-state index contributed by atoms with van der Waals surface area (Å²) in [7, 11) is 0. The maximum Gasteiger partial charge on any atom is 0.328 e. The lowest BCUT2D eigenvalue weighted by molar-refractivity contribution is -0.158. The van der Waals surface area contributed by atoms with E-state index in [0.717, 1.165) is 22.6 Å². The fraction of sp³-hybridized carbons (Fsp3) is 0.537. The number of carbonyl (C=O) groups is 7. The zero-order valence-corrected chi connectivity index (χ0v) is 32.7. The minimum absolute atomic E-state index is 0.0202. The Labute approximate surface area is 334 Å². The first kappa shape index (κ1) is 42.2. The Balaban J connectivity index is 1.33. The van der Waals surface area contributed by atoms with Crippen molar-refractivity contribution in [2.45, 2.75) is 108 Å². The van der Waals surface area contributed by atoms with E-state index in [-0.39, 0.29) is 50.4 Å². The topological polar surface area (TPSA) is 195 Å². The molecular formula is C41H50F2N6O9. The number of rotatable bonds is 7. The SMILES string of the molecule is Cc1ccc(CC(=O)N[C@@H](Cc2cc(F)cc(F)c2)C(=O)N[C@H]2COC(=O)[C@@H]3C[C@@H](C)CN3C(=O)[C@H](C)NC(=O)C3CCCCN3C(=O)[C@@H]3C[C@@H](O)CN3C2=O)cc1. The van der Waals surface area contributed by atoms with Crippen LogP contribution in [0.5, 0.6) is 0 Å². The lowest BCUT2D eigenvalue weighted by Crippen LogP contribution is -2.62. The van der Waals surface area contributed by atoms with Crippen molar-refractivity contribution >= 4 is 41.4 Å². The summed E-state index contributed by atoms with van der Waals surface area (Å²) in [5.41, 5.74) is 1.60. The Morgan fingerprint density at radius 2 is 1.55 bits per heavy atom. The van der Waals surface area contributed by atoms with Crippen LogP contribution in [0, 0.1) is 24.5 Å². The highest BCUT2D eigenvalue weighted by molar-refractivity contribution is 5.98. The lowest BCUT2D eigenvalue weighted by atomic mass is 9.99. The molecule has 4 heterocycles. The van der Waals surface area contributed by atoms with Crippen LogP contribution >= 0.6 is 0 Å². The molecule has 4 aliphatic rings. The van der Waals surface area contributed by atoms with Crippen LogP contribution in [0.15, 0.2) is 42.5 Å². The van der Waals surface area contributed by atoms with Crippen LogP contribution in [0.4, 0.5) is 8.78 Å². The largest absolute Gasteiger partial charge is 0.461 e. The smallest absolute Gasteiger partial charge is 0.328 e. The zero-order valence-electron chi connectivity index (χ0n) is 32.7. The zero-order chi connectivity index (χ0) is 41.8. The molecule has 8 atom stereocenters. The van der Waals surface area contributed by atoms with Gasteiger partial charge in [-0.05, 0) is 68.7 Å². The molecule has 0 radical (unpaired) electrons. The predicted octanol–water partition coefficient (Wildman–Crippen LogP) is 0.669. The number of aliphatic hydroxyl groups is 1. The molecule has 6 amide bonds. The maximum atomic E-state index is 14.5. The first-order chi connectivity index (χ1) is 27.6. The molecule has 0 aliphatic carbocycles. The lowest BCUT2D eigenvalue weighted by Gasteiger charge is -2.39. The number of hydrogen-bond donors (Lipinski definition) is 4. The van der Waals surface area contributed by atoms with E-state index in [1.54, 1.807) is 24.3 Å². The van der Waals surface area contributed by atoms with Gasteiger partial charge in [0.1, 0.15) is 54.5 Å². The summed E-state index contributed by atoms with van der Waals surface area (Å²) >= 11 is 0. The second-order valence-electron chi connectivity index (χ2n) is 16.0. The number of ether oxygens (including phenoxy) is 1. The molecule has 312 valence electrons. The van der Waals surface area contributed by atoms with Gasteiger partial charge in [0, 0.05) is 38.5 Å². The quantitative estimate of drug-likeness (QED) is 0.291. The van der Waals surface area contributed by atoms with Crippen LogP contribution in [0.3, 0.4) is 0 Å². The third-order valence-corrected chi connectivity index (χ3v) is 11.2. The number of esters is 1. The van der Waals surface area contributed by atoms with Crippen molar-refractivity contribution in [3.05, 3.63) is 70.8 Å². The minimum Gasteiger partial charge on any atom is -0.461 e. The molecule has 1 unspecified atom stereocenters. The van der Waals surface area contributed by atoms with E-state index in [2.05, 4.69) is 16.0 Å². The molecular weight excluding hydrogens is 758 g/mol. The van der Waals surface area contributed by atoms with Crippen molar-refractivity contribution in [1.82, 2.24) is 30.7 Å². The van der Waals surface area contributed by atoms with Gasteiger partial charge in [0.05, 0.1) is 12.5 Å². The summed E-state index contributed by atoms with van der Waals surface area (Å²) in [6, 6.07) is 2.20. The third kappa shape index (κ3) is 9.80. The van der Waals surface area contributed by atoms with Crippen LogP contribution < -0.4 is 16.0 Å². The van der Waals surface area contributed by atoms with E-state index < -0.39 is 108 Å². The summed E-state index contributed by atoms with van der Waals surface area (Å²) in [5.74, 6) is -7.03. The van der Waals surface area contributed by atoms with Crippen molar-refractivity contribution in [2.75, 3.05) is 26.2 Å². The van der Waals surface area contributed by atoms with E-state index in [0.29, 0.717) is 30.9 Å². The molecule has 4 saturated heterocycles. The van der Waals surface area contributed by atoms with E-state index in [4.69, 9.17) is 4.74 Å². The number of halogens is 2. The fourth-order valence-electron chi connectivity index (χ4n) is 8.30. The van der Waals surface area contributed by atoms with Gasteiger partial charge in [-0.15, -0.1) is 0 Å². The maximum absolute atomic E-state index is 14.5. The van der Waals surface area contributed by atoms with Gasteiger partial charge in [0.25, 0.3) is 0 Å². The first-order valence-corrected chi connectivity index (χ1v) is 19.7. The van der Waals surface area contributed by atoms with Crippen molar-refractivity contribution < 1.29 is 52.2 Å². The molecule has 4 aliphatic heterocycles. The number of benzene rings is 2. The molecule has 2 aromatic rings. The highest BCUT2D eigenvalue weighted by atomic mass is 19.1. The molecule has 0 bridgehead atoms. The third-order valence-electron chi connectivity index (χ3n) is 11.2. The van der Waals surface area contributed by atoms with Crippen LogP contribution in [-0.4, -0.2) is 130 Å². The Kier molecular flexibility index (Phi) is 13.1. The average Bonchev–Trinajstić information content (AvgIpc) is 3.77. The van der Waals surface area contributed by atoms with Gasteiger partial charge < -0.3 is 40.5 Å². The Bertz CT molecular complexity index is 1910. The number of amides is 6. The molecule has 0 saturated carbocycles. The highest BCUT2D eigenvalue weighted by Crippen LogP contribution is 2.28. The van der Waals surface area contributed by atoms with E-state index >= 15 is 0 Å². The normalized spacial score (nSPS) is 27.6. The Morgan fingerprint density at radius 3 is 2.26 bits per heavy atom. The number of nitrogens with zero attached hydrogens (tertiary/aromatic N) is 3. The molecule has 4 N–H and O–H groups in total. The van der Waals surface area contributed by atoms with Gasteiger partial charge in [-0.1, -0.05) is 36.8 Å². The van der Waals surface area contributed by atoms with Gasteiger partial charge in [0.15, 0.2) is 0 Å². The standard InChI is InChI=1S/C41H50F2N6O9/c1-22-7-9-25(10-8-22)16-35(51)45-30(15-26-13-27(42)17-28(43)14-26)36(52)46-31-21-58-41(57)34-12-23(2)19-48(34)38(54)24(3)44-37(53)32-6-4-5-11-47(32)40(56)33-18-29(50)20-49(33)39(31)55/h7-10,13-14,17,23-24,29-34,50H,4-6,11-12,15-16,18-21H2,1-3H3,(H,44,53)(H,45,51)(H,46,52)/t23-,24+,29-,30+,31+,32?,33+,34+/m1/s1. The summed E-state index contributed by atoms with van der Waals surface area (Å²) in [6.45, 7) is 4.50. The summed E-state index contributed by atoms with van der Waals surface area (Å²) in [4.78, 5) is 101. The molecule has 2 aromatic carbocycles. The van der Waals surface area contributed by atoms with Crippen LogP contribution in [-0.2, 0) is 51.1 Å². The number of carbonyl (C=O) groups excluding carboxylic acids is 7. The van der Waals surface area contributed by atoms with E-state index in [9.17, 15) is 47.4 Å². The molecule has 15 nitrogen and oxygen atoms in total. The second kappa shape index (κ2) is 18.0. The number of aliphatic hydroxyl groups excluding tert-OH is 1. The molecule has 17 heteroatoms. The van der Waals surface area contributed by atoms with Gasteiger partial charge in [-0.2, -0.15) is 0 Å².